The van der Waals surface area contributed by atoms with Gasteiger partial charge in [-0.1, -0.05) is 26.7 Å². The van der Waals surface area contributed by atoms with Gasteiger partial charge in [-0.2, -0.15) is 0 Å². The van der Waals surface area contributed by atoms with Gasteiger partial charge in [-0.3, -0.25) is 9.59 Å². The molecule has 0 radical (unpaired) electrons. The average molecular weight is 459 g/mol. The molecule has 1 fully saturated rings. The Bertz CT molecular complexity index is 676. The first-order valence-corrected chi connectivity index (χ1v) is 11.1. The Morgan fingerprint density at radius 2 is 1.88 bits per heavy atom. The number of carbonyl (C=O) groups is 3. The summed E-state index contributed by atoms with van der Waals surface area (Å²) in [5, 5.41) is 20.9. The third-order valence-corrected chi connectivity index (χ3v) is 5.95. The molecule has 1 heterocycles. The molecule has 1 rings (SSSR count). The van der Waals surface area contributed by atoms with Crippen LogP contribution in [0.4, 0.5) is 0 Å². The summed E-state index contributed by atoms with van der Waals surface area (Å²) in [4.78, 5) is 36.1. The lowest BCUT2D eigenvalue weighted by atomic mass is 9.74. The molecule has 8 atom stereocenters. The van der Waals surface area contributed by atoms with Crippen molar-refractivity contribution in [3.8, 4) is 0 Å². The SMILES string of the molecule is CCCC[C@H](O)/C=C/C(=O)O[C@@H]1[C@@H](C)[C@H](O)[C@@](C)([C@@H](OC(C)=O)[C@@H](C)C(=O)OC)O[C@H]1C. The maximum absolute atomic E-state index is 12.3. The standard InChI is InChI=1S/C23H38O9/c1-8-9-10-17(25)11-12-18(26)31-19-13(2)20(27)23(6,32-15(19)4)21(30-16(5)24)14(3)22(28)29-7/h11-15,17,19-21,25,27H,8-10H2,1-7H3/b12-11+/t13-,14-,15+,17+,19-,20+,21+,23+/m1/s1. The van der Waals surface area contributed by atoms with Crippen LogP contribution in [0.2, 0.25) is 0 Å². The van der Waals surface area contributed by atoms with Gasteiger partial charge in [-0.15, -0.1) is 0 Å². The quantitative estimate of drug-likeness (QED) is 0.286. The molecule has 184 valence electrons. The van der Waals surface area contributed by atoms with Crippen molar-refractivity contribution in [1.82, 2.24) is 0 Å². The Labute approximate surface area is 190 Å². The van der Waals surface area contributed by atoms with Crippen molar-refractivity contribution < 1.29 is 43.5 Å². The van der Waals surface area contributed by atoms with E-state index in [0.29, 0.717) is 6.42 Å². The maximum atomic E-state index is 12.3. The number of esters is 3. The van der Waals surface area contributed by atoms with Gasteiger partial charge in [0.25, 0.3) is 0 Å². The Morgan fingerprint density at radius 1 is 1.25 bits per heavy atom. The normalized spacial score (nSPS) is 30.9. The smallest absolute Gasteiger partial charge is 0.330 e. The molecule has 0 aliphatic carbocycles. The van der Waals surface area contributed by atoms with Gasteiger partial charge < -0.3 is 29.2 Å². The molecular weight excluding hydrogens is 420 g/mol. The van der Waals surface area contributed by atoms with Crippen LogP contribution in [-0.4, -0.2) is 71.4 Å². The van der Waals surface area contributed by atoms with Crippen molar-refractivity contribution in [2.24, 2.45) is 11.8 Å². The van der Waals surface area contributed by atoms with E-state index < -0.39 is 65.9 Å². The van der Waals surface area contributed by atoms with Gasteiger partial charge in [0.2, 0.25) is 0 Å². The number of hydrogen-bond acceptors (Lipinski definition) is 9. The summed E-state index contributed by atoms with van der Waals surface area (Å²) in [6.07, 6.45) is 0.299. The largest absolute Gasteiger partial charge is 0.469 e. The third-order valence-electron chi connectivity index (χ3n) is 5.95. The van der Waals surface area contributed by atoms with Crippen LogP contribution in [0.5, 0.6) is 0 Å². The second-order valence-corrected chi connectivity index (χ2v) is 8.62. The van der Waals surface area contributed by atoms with Crippen LogP contribution < -0.4 is 0 Å². The molecule has 0 aromatic carbocycles. The first-order chi connectivity index (χ1) is 14.9. The van der Waals surface area contributed by atoms with E-state index >= 15 is 0 Å². The first kappa shape index (κ1) is 28.1. The van der Waals surface area contributed by atoms with Gasteiger partial charge in [0, 0.05) is 18.9 Å². The highest BCUT2D eigenvalue weighted by atomic mass is 16.6. The Hall–Kier alpha value is -1.97. The summed E-state index contributed by atoms with van der Waals surface area (Å²) in [6, 6.07) is 0. The van der Waals surface area contributed by atoms with E-state index in [4.69, 9.17) is 18.9 Å². The average Bonchev–Trinajstić information content (AvgIpc) is 2.74. The van der Waals surface area contributed by atoms with Crippen LogP contribution in [0.25, 0.3) is 0 Å². The monoisotopic (exact) mass is 458 g/mol. The molecule has 0 bridgehead atoms. The van der Waals surface area contributed by atoms with Gasteiger partial charge in [-0.25, -0.2) is 4.79 Å². The van der Waals surface area contributed by atoms with Crippen molar-refractivity contribution in [1.29, 1.82) is 0 Å². The third kappa shape index (κ3) is 7.02. The Kier molecular flexibility index (Phi) is 10.8. The molecule has 32 heavy (non-hydrogen) atoms. The molecule has 0 amide bonds. The van der Waals surface area contributed by atoms with E-state index in [0.717, 1.165) is 12.8 Å². The highest BCUT2D eigenvalue weighted by molar-refractivity contribution is 5.82. The van der Waals surface area contributed by atoms with Crippen LogP contribution in [0.15, 0.2) is 12.2 Å². The fourth-order valence-corrected chi connectivity index (χ4v) is 4.18. The Morgan fingerprint density at radius 3 is 2.41 bits per heavy atom. The predicted octanol–water partition coefficient (Wildman–Crippen LogP) is 1.92. The maximum Gasteiger partial charge on any atom is 0.330 e. The topological polar surface area (TPSA) is 129 Å². The lowest BCUT2D eigenvalue weighted by Crippen LogP contribution is -2.66. The van der Waals surface area contributed by atoms with E-state index in [1.54, 1.807) is 20.8 Å². The fraction of sp³-hybridized carbons (Fsp3) is 0.783. The zero-order valence-corrected chi connectivity index (χ0v) is 20.1. The summed E-state index contributed by atoms with van der Waals surface area (Å²) in [5.41, 5.74) is -1.45. The van der Waals surface area contributed by atoms with Crippen LogP contribution >= 0.6 is 0 Å². The number of carbonyl (C=O) groups excluding carboxylic acids is 3. The molecule has 1 saturated heterocycles. The fourth-order valence-electron chi connectivity index (χ4n) is 4.18. The number of aliphatic hydroxyl groups excluding tert-OH is 2. The molecule has 0 aromatic rings. The van der Waals surface area contributed by atoms with Crippen molar-refractivity contribution >= 4 is 17.9 Å². The predicted molar refractivity (Wildman–Crippen MR) is 115 cm³/mol. The van der Waals surface area contributed by atoms with E-state index in [9.17, 15) is 24.6 Å². The van der Waals surface area contributed by atoms with Crippen LogP contribution in [0.3, 0.4) is 0 Å². The molecule has 2 N–H and O–H groups in total. The van der Waals surface area contributed by atoms with Crippen LogP contribution in [0.1, 0.15) is 60.8 Å². The molecule has 1 aliphatic rings. The van der Waals surface area contributed by atoms with E-state index in [2.05, 4.69) is 0 Å². The second kappa shape index (κ2) is 12.3. The number of ether oxygens (including phenoxy) is 4. The minimum Gasteiger partial charge on any atom is -0.469 e. The molecule has 0 spiro atoms. The molecule has 0 aromatic heterocycles. The number of hydrogen-bond donors (Lipinski definition) is 2. The molecule has 9 nitrogen and oxygen atoms in total. The van der Waals surface area contributed by atoms with Gasteiger partial charge in [-0.05, 0) is 33.3 Å². The second-order valence-electron chi connectivity index (χ2n) is 8.62. The van der Waals surface area contributed by atoms with E-state index in [1.807, 2.05) is 6.92 Å². The summed E-state index contributed by atoms with van der Waals surface area (Å²) in [6.45, 7) is 9.65. The van der Waals surface area contributed by atoms with Crippen LogP contribution in [-0.2, 0) is 33.3 Å². The van der Waals surface area contributed by atoms with Gasteiger partial charge in [0.15, 0.2) is 0 Å². The minimum absolute atomic E-state index is 0.548. The number of aliphatic hydroxyl groups is 2. The summed E-state index contributed by atoms with van der Waals surface area (Å²) >= 11 is 0. The van der Waals surface area contributed by atoms with Crippen molar-refractivity contribution in [2.45, 2.75) is 96.9 Å². The highest BCUT2D eigenvalue weighted by Gasteiger charge is 2.57. The van der Waals surface area contributed by atoms with Crippen molar-refractivity contribution in [2.75, 3.05) is 7.11 Å². The van der Waals surface area contributed by atoms with E-state index in [-0.39, 0.29) is 0 Å². The summed E-state index contributed by atoms with van der Waals surface area (Å²) in [5.74, 6) is -3.43. The van der Waals surface area contributed by atoms with Gasteiger partial charge >= 0.3 is 17.9 Å². The molecular formula is C23H38O9. The van der Waals surface area contributed by atoms with Gasteiger partial charge in [0.1, 0.15) is 17.8 Å². The lowest BCUT2D eigenvalue weighted by molar-refractivity contribution is -0.279. The molecule has 1 aliphatic heterocycles. The van der Waals surface area contributed by atoms with E-state index in [1.165, 1.54) is 33.1 Å². The zero-order valence-electron chi connectivity index (χ0n) is 20.1. The number of methoxy groups -OCH3 is 1. The molecule has 9 heteroatoms. The summed E-state index contributed by atoms with van der Waals surface area (Å²) in [7, 11) is 1.22. The minimum atomic E-state index is -1.45. The van der Waals surface area contributed by atoms with Crippen molar-refractivity contribution in [3.05, 3.63) is 12.2 Å². The van der Waals surface area contributed by atoms with Crippen LogP contribution in [0, 0.1) is 11.8 Å². The summed E-state index contributed by atoms with van der Waals surface area (Å²) < 4.78 is 21.7. The number of rotatable bonds is 10. The van der Waals surface area contributed by atoms with Crippen molar-refractivity contribution in [3.63, 3.8) is 0 Å². The lowest BCUT2D eigenvalue weighted by Gasteiger charge is -2.51. The zero-order chi connectivity index (χ0) is 24.6. The number of unbranched alkanes of at least 4 members (excludes halogenated alkanes) is 1. The molecule has 0 saturated carbocycles. The Balaban J connectivity index is 3.02. The van der Waals surface area contributed by atoms with Gasteiger partial charge in [0.05, 0.1) is 31.3 Å². The first-order valence-electron chi connectivity index (χ1n) is 11.1. The molecule has 0 unspecified atom stereocenters. The highest BCUT2D eigenvalue weighted by Crippen LogP contribution is 2.40.